The van der Waals surface area contributed by atoms with E-state index in [0.717, 1.165) is 30.5 Å². The van der Waals surface area contributed by atoms with Gasteiger partial charge in [-0.15, -0.1) is 0 Å². The normalized spacial score (nSPS) is 20.4. The molecule has 1 saturated carbocycles. The third-order valence-electron chi connectivity index (χ3n) is 3.52. The summed E-state index contributed by atoms with van der Waals surface area (Å²) >= 11 is 0. The van der Waals surface area contributed by atoms with Gasteiger partial charge in [-0.3, -0.25) is 0 Å². The Morgan fingerprint density at radius 2 is 1.94 bits per heavy atom. The molecule has 3 N–H and O–H groups in total. The van der Waals surface area contributed by atoms with E-state index >= 15 is 0 Å². The SMILES string of the molecule is NNc1cc(C2CC2)nc(N2CCCCC2)n1. The first-order valence-corrected chi connectivity index (χ1v) is 6.47. The number of rotatable bonds is 3. The van der Waals surface area contributed by atoms with Crippen molar-refractivity contribution in [2.45, 2.75) is 38.0 Å². The molecule has 0 atom stereocenters. The summed E-state index contributed by atoms with van der Waals surface area (Å²) in [5, 5.41) is 0. The van der Waals surface area contributed by atoms with Gasteiger partial charge in [0.2, 0.25) is 5.95 Å². The van der Waals surface area contributed by atoms with Crippen molar-refractivity contribution in [3.05, 3.63) is 11.8 Å². The molecule has 2 heterocycles. The van der Waals surface area contributed by atoms with E-state index in [1.54, 1.807) is 0 Å². The van der Waals surface area contributed by atoms with Crippen molar-refractivity contribution in [2.75, 3.05) is 23.4 Å². The average molecular weight is 233 g/mol. The molecule has 0 bridgehead atoms. The second kappa shape index (κ2) is 4.49. The second-order valence-corrected chi connectivity index (χ2v) is 4.94. The van der Waals surface area contributed by atoms with Crippen LogP contribution in [0.3, 0.4) is 0 Å². The number of nitrogen functional groups attached to an aromatic ring is 1. The quantitative estimate of drug-likeness (QED) is 0.613. The van der Waals surface area contributed by atoms with Gasteiger partial charge >= 0.3 is 0 Å². The Kier molecular flexibility index (Phi) is 2.84. The number of anilines is 2. The molecule has 1 saturated heterocycles. The van der Waals surface area contributed by atoms with Gasteiger partial charge in [-0.05, 0) is 32.1 Å². The van der Waals surface area contributed by atoms with Gasteiger partial charge in [0.15, 0.2) is 0 Å². The van der Waals surface area contributed by atoms with E-state index in [2.05, 4.69) is 20.3 Å². The van der Waals surface area contributed by atoms with Crippen molar-refractivity contribution < 1.29 is 0 Å². The summed E-state index contributed by atoms with van der Waals surface area (Å²) in [6.07, 6.45) is 6.30. The van der Waals surface area contributed by atoms with Gasteiger partial charge in [-0.1, -0.05) is 0 Å². The minimum atomic E-state index is 0.633. The lowest BCUT2D eigenvalue weighted by Gasteiger charge is -2.27. The third kappa shape index (κ3) is 2.34. The van der Waals surface area contributed by atoms with Gasteiger partial charge in [0.25, 0.3) is 0 Å². The van der Waals surface area contributed by atoms with Gasteiger partial charge in [0.05, 0.1) is 5.69 Å². The Morgan fingerprint density at radius 1 is 1.18 bits per heavy atom. The van der Waals surface area contributed by atoms with Crippen molar-refractivity contribution in [1.29, 1.82) is 0 Å². The first-order valence-electron chi connectivity index (χ1n) is 6.47. The van der Waals surface area contributed by atoms with Crippen LogP contribution in [-0.4, -0.2) is 23.1 Å². The zero-order valence-electron chi connectivity index (χ0n) is 10.0. The molecule has 3 rings (SSSR count). The van der Waals surface area contributed by atoms with Crippen molar-refractivity contribution in [1.82, 2.24) is 9.97 Å². The number of aromatic nitrogens is 2. The lowest BCUT2D eigenvalue weighted by molar-refractivity contribution is 0.567. The van der Waals surface area contributed by atoms with Gasteiger partial charge in [0, 0.05) is 25.1 Å². The maximum atomic E-state index is 5.48. The fourth-order valence-electron chi connectivity index (χ4n) is 2.35. The topological polar surface area (TPSA) is 67.1 Å². The molecular weight excluding hydrogens is 214 g/mol. The highest BCUT2D eigenvalue weighted by Gasteiger charge is 2.27. The molecule has 17 heavy (non-hydrogen) atoms. The van der Waals surface area contributed by atoms with Crippen LogP contribution in [0.25, 0.3) is 0 Å². The van der Waals surface area contributed by atoms with E-state index in [9.17, 15) is 0 Å². The molecule has 0 aromatic carbocycles. The molecule has 1 aromatic rings. The second-order valence-electron chi connectivity index (χ2n) is 4.94. The molecule has 0 radical (unpaired) electrons. The van der Waals surface area contributed by atoms with Crippen LogP contribution in [0.4, 0.5) is 11.8 Å². The van der Waals surface area contributed by atoms with Gasteiger partial charge in [-0.25, -0.2) is 10.8 Å². The molecule has 1 aliphatic heterocycles. The van der Waals surface area contributed by atoms with Gasteiger partial charge in [-0.2, -0.15) is 4.98 Å². The number of nitrogens with two attached hydrogens (primary N) is 1. The minimum Gasteiger partial charge on any atom is -0.341 e. The van der Waals surface area contributed by atoms with Crippen molar-refractivity contribution in [2.24, 2.45) is 5.84 Å². The van der Waals surface area contributed by atoms with Gasteiger partial charge in [0.1, 0.15) is 5.82 Å². The average Bonchev–Trinajstić information content (AvgIpc) is 3.23. The fraction of sp³-hybridized carbons (Fsp3) is 0.667. The van der Waals surface area contributed by atoms with Crippen LogP contribution in [0, 0.1) is 0 Å². The Hall–Kier alpha value is -1.36. The number of hydrogen-bond acceptors (Lipinski definition) is 5. The summed E-state index contributed by atoms with van der Waals surface area (Å²) in [7, 11) is 0. The maximum absolute atomic E-state index is 5.48. The first-order chi connectivity index (χ1) is 8.36. The molecule has 0 amide bonds. The van der Waals surface area contributed by atoms with E-state index in [1.165, 1.54) is 32.1 Å². The number of hydrogen-bond donors (Lipinski definition) is 2. The van der Waals surface area contributed by atoms with Crippen molar-refractivity contribution >= 4 is 11.8 Å². The highest BCUT2D eigenvalue weighted by atomic mass is 15.3. The van der Waals surface area contributed by atoms with Crippen LogP contribution in [0.1, 0.15) is 43.7 Å². The summed E-state index contributed by atoms with van der Waals surface area (Å²) in [6, 6.07) is 1.98. The third-order valence-corrected chi connectivity index (χ3v) is 3.52. The lowest BCUT2D eigenvalue weighted by Crippen LogP contribution is -2.31. The summed E-state index contributed by atoms with van der Waals surface area (Å²) in [5.74, 6) is 7.70. The Balaban J connectivity index is 1.88. The Bertz CT molecular complexity index is 396. The van der Waals surface area contributed by atoms with Crippen LogP contribution < -0.4 is 16.2 Å². The maximum Gasteiger partial charge on any atom is 0.227 e. The van der Waals surface area contributed by atoms with E-state index in [0.29, 0.717) is 5.92 Å². The minimum absolute atomic E-state index is 0.633. The Morgan fingerprint density at radius 3 is 2.59 bits per heavy atom. The predicted molar refractivity (Wildman–Crippen MR) is 67.9 cm³/mol. The van der Waals surface area contributed by atoms with E-state index in [4.69, 9.17) is 5.84 Å². The number of nitrogens with zero attached hydrogens (tertiary/aromatic N) is 3. The predicted octanol–water partition coefficient (Wildman–Crippen LogP) is 1.63. The van der Waals surface area contributed by atoms with Crippen LogP contribution >= 0.6 is 0 Å². The summed E-state index contributed by atoms with van der Waals surface area (Å²) in [6.45, 7) is 2.14. The van der Waals surface area contributed by atoms with Gasteiger partial charge < -0.3 is 10.3 Å². The molecule has 92 valence electrons. The lowest BCUT2D eigenvalue weighted by atomic mass is 10.1. The van der Waals surface area contributed by atoms with Crippen LogP contribution in [0.5, 0.6) is 0 Å². The Labute approximate surface area is 101 Å². The fourth-order valence-corrected chi connectivity index (χ4v) is 2.35. The van der Waals surface area contributed by atoms with E-state index in [1.807, 2.05) is 6.07 Å². The number of hydrazine groups is 1. The standard InChI is InChI=1S/C12H19N5/c13-16-11-8-10(9-4-5-9)14-12(15-11)17-6-2-1-3-7-17/h8-9H,1-7,13H2,(H,14,15,16). The molecule has 5 heteroatoms. The largest absolute Gasteiger partial charge is 0.341 e. The van der Waals surface area contributed by atoms with Crippen molar-refractivity contribution in [3.63, 3.8) is 0 Å². The first kappa shape index (κ1) is 10.8. The molecule has 5 nitrogen and oxygen atoms in total. The zero-order valence-corrected chi connectivity index (χ0v) is 10.0. The summed E-state index contributed by atoms with van der Waals surface area (Å²) in [4.78, 5) is 11.4. The van der Waals surface area contributed by atoms with Crippen LogP contribution in [-0.2, 0) is 0 Å². The van der Waals surface area contributed by atoms with Crippen LogP contribution in [0.15, 0.2) is 6.07 Å². The van der Waals surface area contributed by atoms with E-state index in [-0.39, 0.29) is 0 Å². The molecule has 1 aliphatic carbocycles. The smallest absolute Gasteiger partial charge is 0.227 e. The molecule has 2 aliphatic rings. The number of piperidine rings is 1. The van der Waals surface area contributed by atoms with Crippen molar-refractivity contribution in [3.8, 4) is 0 Å². The summed E-state index contributed by atoms with van der Waals surface area (Å²) < 4.78 is 0. The molecule has 0 spiro atoms. The highest BCUT2D eigenvalue weighted by molar-refractivity contribution is 5.44. The highest BCUT2D eigenvalue weighted by Crippen LogP contribution is 2.40. The molecule has 1 aromatic heterocycles. The monoisotopic (exact) mass is 233 g/mol. The molecule has 0 unspecified atom stereocenters. The van der Waals surface area contributed by atoms with E-state index < -0.39 is 0 Å². The molecule has 2 fully saturated rings. The molecular formula is C12H19N5. The zero-order chi connectivity index (χ0) is 11.7. The summed E-state index contributed by atoms with van der Waals surface area (Å²) in [5.41, 5.74) is 3.80. The number of nitrogens with one attached hydrogen (secondary N) is 1. The van der Waals surface area contributed by atoms with Crippen LogP contribution in [0.2, 0.25) is 0 Å².